The highest BCUT2D eigenvalue weighted by molar-refractivity contribution is 6.33. The Bertz CT molecular complexity index is 839. The van der Waals surface area contributed by atoms with Crippen LogP contribution in [0, 0.1) is 0 Å². The highest BCUT2D eigenvalue weighted by atomic mass is 35.5. The molecule has 0 unspecified atom stereocenters. The number of carbonyl (C=O) groups is 1. The number of ether oxygens (including phenoxy) is 1. The number of nitrogens with one attached hydrogen (secondary N) is 1. The van der Waals surface area contributed by atoms with E-state index in [1.54, 1.807) is 31.5 Å². The van der Waals surface area contributed by atoms with Gasteiger partial charge in [0.25, 0.3) is 0 Å². The Kier molecular flexibility index (Phi) is 3.31. The Balaban J connectivity index is 2.15. The predicted octanol–water partition coefficient (Wildman–Crippen LogP) is 3.64. The number of methoxy groups -OCH3 is 1. The van der Waals surface area contributed by atoms with E-state index in [1.807, 2.05) is 18.2 Å². The van der Waals surface area contributed by atoms with E-state index in [0.717, 1.165) is 10.9 Å². The Morgan fingerprint density at radius 2 is 2.10 bits per heavy atom. The monoisotopic (exact) mass is 300 g/mol. The number of ketones is 1. The summed E-state index contributed by atoms with van der Waals surface area (Å²) in [5.74, 6) is 0.520. The fourth-order valence-corrected chi connectivity index (χ4v) is 2.50. The number of H-pyrrole nitrogens is 1. The number of carbonyl (C=O) groups excluding carboxylic acids is 1. The van der Waals surface area contributed by atoms with E-state index in [-0.39, 0.29) is 5.78 Å². The highest BCUT2D eigenvalue weighted by Crippen LogP contribution is 2.30. The fourth-order valence-electron chi connectivity index (χ4n) is 2.32. The van der Waals surface area contributed by atoms with Gasteiger partial charge in [0.15, 0.2) is 5.78 Å². The molecule has 2 aromatic carbocycles. The second-order valence-electron chi connectivity index (χ2n) is 4.65. The third kappa shape index (κ3) is 2.23. The number of aromatic nitrogens is 1. The topological polar surface area (TPSA) is 68.1 Å². The van der Waals surface area contributed by atoms with Gasteiger partial charge < -0.3 is 15.5 Å². The zero-order valence-corrected chi connectivity index (χ0v) is 12.1. The maximum Gasteiger partial charge on any atom is 0.195 e. The predicted molar refractivity (Wildman–Crippen MR) is 84.1 cm³/mol. The Labute approximate surface area is 126 Å². The number of aromatic amines is 1. The van der Waals surface area contributed by atoms with Gasteiger partial charge in [-0.15, -0.1) is 0 Å². The molecule has 0 aliphatic rings. The van der Waals surface area contributed by atoms with Gasteiger partial charge in [-0.1, -0.05) is 17.7 Å². The SMILES string of the molecule is COc1cccc2[nH]cc(C(=O)c3ccc(N)c(Cl)c3)c12. The largest absolute Gasteiger partial charge is 0.496 e. The first kappa shape index (κ1) is 13.5. The highest BCUT2D eigenvalue weighted by Gasteiger charge is 2.17. The first-order chi connectivity index (χ1) is 10.1. The second kappa shape index (κ2) is 5.14. The number of anilines is 1. The molecule has 0 bridgehead atoms. The lowest BCUT2D eigenvalue weighted by Gasteiger charge is -2.05. The Morgan fingerprint density at radius 3 is 2.81 bits per heavy atom. The van der Waals surface area contributed by atoms with Crippen LogP contribution in [0.3, 0.4) is 0 Å². The maximum absolute atomic E-state index is 12.7. The molecule has 0 saturated carbocycles. The number of nitrogen functional groups attached to an aromatic ring is 1. The summed E-state index contributed by atoms with van der Waals surface area (Å²) in [6.45, 7) is 0. The molecule has 0 radical (unpaired) electrons. The summed E-state index contributed by atoms with van der Waals surface area (Å²) in [5, 5.41) is 1.13. The van der Waals surface area contributed by atoms with Crippen LogP contribution in [-0.4, -0.2) is 17.9 Å². The maximum atomic E-state index is 12.7. The van der Waals surface area contributed by atoms with Gasteiger partial charge in [0.05, 0.1) is 28.8 Å². The van der Waals surface area contributed by atoms with E-state index in [0.29, 0.717) is 27.6 Å². The van der Waals surface area contributed by atoms with E-state index in [1.165, 1.54) is 0 Å². The van der Waals surface area contributed by atoms with Crippen LogP contribution in [0.25, 0.3) is 10.9 Å². The van der Waals surface area contributed by atoms with Gasteiger partial charge in [0, 0.05) is 17.3 Å². The minimum absolute atomic E-state index is 0.132. The zero-order chi connectivity index (χ0) is 15.0. The van der Waals surface area contributed by atoms with Crippen molar-refractivity contribution in [3.8, 4) is 5.75 Å². The van der Waals surface area contributed by atoms with Crippen LogP contribution in [0.4, 0.5) is 5.69 Å². The number of rotatable bonds is 3. The fraction of sp³-hybridized carbons (Fsp3) is 0.0625. The van der Waals surface area contributed by atoms with Gasteiger partial charge in [-0.25, -0.2) is 0 Å². The summed E-state index contributed by atoms with van der Waals surface area (Å²) in [6, 6.07) is 10.5. The number of halogens is 1. The van der Waals surface area contributed by atoms with E-state index < -0.39 is 0 Å². The summed E-state index contributed by atoms with van der Waals surface area (Å²) in [7, 11) is 1.58. The van der Waals surface area contributed by atoms with Crippen molar-refractivity contribution < 1.29 is 9.53 Å². The quantitative estimate of drug-likeness (QED) is 0.573. The van der Waals surface area contributed by atoms with Gasteiger partial charge in [0.1, 0.15) is 5.75 Å². The van der Waals surface area contributed by atoms with Crippen LogP contribution < -0.4 is 10.5 Å². The summed E-state index contributed by atoms with van der Waals surface area (Å²) in [6.07, 6.45) is 1.68. The standard InChI is InChI=1S/C16H13ClN2O2/c1-21-14-4-2-3-13-15(14)10(8-19-13)16(20)9-5-6-12(18)11(17)7-9/h2-8,19H,18H2,1H3. The molecule has 0 fully saturated rings. The van der Waals surface area contributed by atoms with Crippen LogP contribution in [0.15, 0.2) is 42.6 Å². The lowest BCUT2D eigenvalue weighted by atomic mass is 10.0. The minimum Gasteiger partial charge on any atom is -0.496 e. The molecule has 5 heteroatoms. The van der Waals surface area contributed by atoms with Crippen LogP contribution in [-0.2, 0) is 0 Å². The summed E-state index contributed by atoms with van der Waals surface area (Å²) in [5.41, 5.74) is 8.00. The Morgan fingerprint density at radius 1 is 1.29 bits per heavy atom. The minimum atomic E-state index is -0.132. The number of benzene rings is 2. The molecule has 0 amide bonds. The van der Waals surface area contributed by atoms with Crippen molar-refractivity contribution in [3.63, 3.8) is 0 Å². The number of fused-ring (bicyclic) bond motifs is 1. The molecule has 4 nitrogen and oxygen atoms in total. The summed E-state index contributed by atoms with van der Waals surface area (Å²) < 4.78 is 5.34. The molecule has 0 aliphatic heterocycles. The van der Waals surface area contributed by atoms with E-state index in [4.69, 9.17) is 22.1 Å². The normalized spacial score (nSPS) is 10.8. The van der Waals surface area contributed by atoms with Crippen molar-refractivity contribution in [1.29, 1.82) is 0 Å². The van der Waals surface area contributed by atoms with Gasteiger partial charge >= 0.3 is 0 Å². The lowest BCUT2D eigenvalue weighted by molar-refractivity contribution is 0.104. The van der Waals surface area contributed by atoms with Crippen molar-refractivity contribution >= 4 is 34.0 Å². The molecule has 3 aromatic rings. The number of hydrogen-bond donors (Lipinski definition) is 2. The first-order valence-corrected chi connectivity index (χ1v) is 6.73. The molecule has 3 rings (SSSR count). The lowest BCUT2D eigenvalue weighted by Crippen LogP contribution is -2.01. The molecule has 0 saturated heterocycles. The molecule has 106 valence electrons. The third-order valence-electron chi connectivity index (χ3n) is 3.39. The molecule has 1 aromatic heterocycles. The van der Waals surface area contributed by atoms with Crippen LogP contribution in [0.1, 0.15) is 15.9 Å². The molecular weight excluding hydrogens is 288 g/mol. The molecule has 0 spiro atoms. The van der Waals surface area contributed by atoms with Crippen molar-refractivity contribution in [2.45, 2.75) is 0 Å². The zero-order valence-electron chi connectivity index (χ0n) is 11.3. The average molecular weight is 301 g/mol. The van der Waals surface area contributed by atoms with Gasteiger partial charge in [-0.3, -0.25) is 4.79 Å². The smallest absolute Gasteiger partial charge is 0.195 e. The van der Waals surface area contributed by atoms with Gasteiger partial charge in [-0.2, -0.15) is 0 Å². The van der Waals surface area contributed by atoms with E-state index in [9.17, 15) is 4.79 Å². The van der Waals surface area contributed by atoms with E-state index in [2.05, 4.69) is 4.98 Å². The van der Waals surface area contributed by atoms with Crippen LogP contribution in [0.2, 0.25) is 5.02 Å². The van der Waals surface area contributed by atoms with Crippen LogP contribution >= 0.6 is 11.6 Å². The number of nitrogens with two attached hydrogens (primary N) is 1. The van der Waals surface area contributed by atoms with Crippen molar-refractivity contribution in [2.75, 3.05) is 12.8 Å². The molecular formula is C16H13ClN2O2. The summed E-state index contributed by atoms with van der Waals surface area (Å²) >= 11 is 5.99. The second-order valence-corrected chi connectivity index (χ2v) is 5.06. The van der Waals surface area contributed by atoms with Gasteiger partial charge in [-0.05, 0) is 30.3 Å². The third-order valence-corrected chi connectivity index (χ3v) is 3.72. The van der Waals surface area contributed by atoms with Gasteiger partial charge in [0.2, 0.25) is 0 Å². The Hall–Kier alpha value is -2.46. The van der Waals surface area contributed by atoms with Crippen molar-refractivity contribution in [2.24, 2.45) is 0 Å². The van der Waals surface area contributed by atoms with Crippen molar-refractivity contribution in [3.05, 3.63) is 58.7 Å². The van der Waals surface area contributed by atoms with Crippen molar-refractivity contribution in [1.82, 2.24) is 4.98 Å². The molecule has 1 heterocycles. The first-order valence-electron chi connectivity index (χ1n) is 6.35. The number of hydrogen-bond acceptors (Lipinski definition) is 3. The average Bonchev–Trinajstić information content (AvgIpc) is 2.93. The van der Waals surface area contributed by atoms with E-state index >= 15 is 0 Å². The molecule has 21 heavy (non-hydrogen) atoms. The molecule has 0 aliphatic carbocycles. The van der Waals surface area contributed by atoms with Crippen LogP contribution in [0.5, 0.6) is 5.75 Å². The molecule has 3 N–H and O–H groups in total. The summed E-state index contributed by atoms with van der Waals surface area (Å²) in [4.78, 5) is 15.8. The molecule has 0 atom stereocenters.